The third-order valence-electron chi connectivity index (χ3n) is 15.1. The highest BCUT2D eigenvalue weighted by atomic mass is 16.3. The topological polar surface area (TPSA) is 16.4 Å². The summed E-state index contributed by atoms with van der Waals surface area (Å²) in [5.41, 5.74) is 25.1. The van der Waals surface area contributed by atoms with Crippen LogP contribution in [0, 0.1) is 0 Å². The molecule has 324 valence electrons. The molecule has 0 fully saturated rings. The summed E-state index contributed by atoms with van der Waals surface area (Å²) in [6.45, 7) is 9.55. The maximum atomic E-state index is 6.19. The quantitative estimate of drug-likeness (QED) is 0.159. The highest BCUT2D eigenvalue weighted by Crippen LogP contribution is 2.54. The fourth-order valence-electron chi connectivity index (χ4n) is 11.4. The smallest absolute Gasteiger partial charge is 0.135 e. The molecule has 0 amide bonds. The van der Waals surface area contributed by atoms with Crippen LogP contribution >= 0.6 is 0 Å². The summed E-state index contributed by atoms with van der Waals surface area (Å²) in [5.74, 6) is 0. The Morgan fingerprint density at radius 1 is 0.279 bits per heavy atom. The van der Waals surface area contributed by atoms with Crippen molar-refractivity contribution in [3.05, 3.63) is 247 Å². The lowest BCUT2D eigenvalue weighted by Gasteiger charge is -2.30. The maximum Gasteiger partial charge on any atom is 0.135 e. The van der Waals surface area contributed by atoms with E-state index < -0.39 is 0 Å². The van der Waals surface area contributed by atoms with Gasteiger partial charge in [-0.2, -0.15) is 0 Å². The van der Waals surface area contributed by atoms with Crippen LogP contribution in [0.2, 0.25) is 0 Å². The molecule has 2 aliphatic rings. The average Bonchev–Trinajstić information content (AvgIpc) is 3.95. The van der Waals surface area contributed by atoms with Gasteiger partial charge in [-0.3, -0.25) is 0 Å². The van der Waals surface area contributed by atoms with E-state index >= 15 is 0 Å². The zero-order valence-electron chi connectivity index (χ0n) is 38.7. The number of furan rings is 1. The van der Waals surface area contributed by atoms with Crippen molar-refractivity contribution >= 4 is 39.0 Å². The first-order valence-electron chi connectivity index (χ1n) is 23.8. The van der Waals surface area contributed by atoms with Gasteiger partial charge in [0.15, 0.2) is 0 Å². The molecular formula is C66H49NO. The Labute approximate surface area is 398 Å². The monoisotopic (exact) mass is 871 g/mol. The van der Waals surface area contributed by atoms with Crippen molar-refractivity contribution in [1.82, 2.24) is 0 Å². The Morgan fingerprint density at radius 3 is 1.25 bits per heavy atom. The van der Waals surface area contributed by atoms with Crippen LogP contribution in [0.5, 0.6) is 0 Å². The van der Waals surface area contributed by atoms with E-state index in [1.165, 1.54) is 83.5 Å². The van der Waals surface area contributed by atoms with Gasteiger partial charge >= 0.3 is 0 Å². The molecule has 1 heterocycles. The Balaban J connectivity index is 0.932. The zero-order chi connectivity index (χ0) is 45.7. The van der Waals surface area contributed by atoms with Crippen LogP contribution in [-0.2, 0) is 10.8 Å². The number of nitrogens with zero attached hydrogens (tertiary/aromatic N) is 1. The second-order valence-electron chi connectivity index (χ2n) is 19.7. The molecule has 0 N–H and O–H groups in total. The minimum atomic E-state index is -0.205. The van der Waals surface area contributed by atoms with E-state index in [4.69, 9.17) is 4.42 Å². The second kappa shape index (κ2) is 15.2. The van der Waals surface area contributed by atoms with Gasteiger partial charge in [-0.15, -0.1) is 0 Å². The van der Waals surface area contributed by atoms with Gasteiger partial charge in [-0.05, 0) is 162 Å². The summed E-state index contributed by atoms with van der Waals surface area (Å²) in [7, 11) is 0. The molecule has 13 rings (SSSR count). The molecule has 0 spiro atoms. The summed E-state index contributed by atoms with van der Waals surface area (Å²) in [5, 5.41) is 2.27. The largest absolute Gasteiger partial charge is 0.456 e. The van der Waals surface area contributed by atoms with Crippen molar-refractivity contribution < 1.29 is 4.42 Å². The van der Waals surface area contributed by atoms with Crippen molar-refractivity contribution in [1.29, 1.82) is 0 Å². The molecule has 2 heteroatoms. The predicted octanol–water partition coefficient (Wildman–Crippen LogP) is 18.3. The van der Waals surface area contributed by atoms with E-state index in [1.807, 2.05) is 12.1 Å². The van der Waals surface area contributed by atoms with Crippen molar-refractivity contribution in [2.45, 2.75) is 38.5 Å². The Morgan fingerprint density at radius 2 is 0.676 bits per heavy atom. The van der Waals surface area contributed by atoms with Gasteiger partial charge in [0.25, 0.3) is 0 Å². The number of hydrogen-bond donors (Lipinski definition) is 0. The van der Waals surface area contributed by atoms with Crippen LogP contribution in [0.1, 0.15) is 49.9 Å². The molecule has 10 aromatic carbocycles. The molecule has 1 aromatic heterocycles. The third-order valence-corrected chi connectivity index (χ3v) is 15.1. The summed E-state index contributed by atoms with van der Waals surface area (Å²) >= 11 is 0. The van der Waals surface area contributed by atoms with Crippen molar-refractivity contribution in [3.63, 3.8) is 0 Å². The van der Waals surface area contributed by atoms with E-state index in [0.717, 1.165) is 44.6 Å². The van der Waals surface area contributed by atoms with E-state index in [0.29, 0.717) is 0 Å². The number of benzene rings is 10. The highest BCUT2D eigenvalue weighted by molar-refractivity contribution is 6.06. The van der Waals surface area contributed by atoms with Crippen molar-refractivity contribution in [2.24, 2.45) is 0 Å². The molecule has 0 bridgehead atoms. The zero-order valence-corrected chi connectivity index (χ0v) is 38.7. The molecule has 0 radical (unpaired) electrons. The van der Waals surface area contributed by atoms with Gasteiger partial charge in [0.2, 0.25) is 0 Å². The first kappa shape index (κ1) is 40.1. The van der Waals surface area contributed by atoms with Gasteiger partial charge in [0, 0.05) is 38.7 Å². The number of fused-ring (bicyclic) bond motifs is 9. The summed E-state index contributed by atoms with van der Waals surface area (Å²) in [6.07, 6.45) is 0. The van der Waals surface area contributed by atoms with E-state index in [1.54, 1.807) is 0 Å². The van der Waals surface area contributed by atoms with Crippen molar-refractivity contribution in [2.75, 3.05) is 4.90 Å². The standard InChI is InChI=1S/C66H49NO/c1-65(2)59-38-48(42-15-7-5-8-16-42)25-30-53(59)55-32-28-51(40-61(55)65)67(52-29-33-56-54-31-26-49(43-17-9-6-10-18-43)39-60(54)66(3,4)62(56)41-52)50-22-14-21-46(36-50)44-19-13-20-45(35-44)47-27-34-64-58(37-47)57-23-11-12-24-63(57)68-64/h5-41H,1-4H3. The summed E-state index contributed by atoms with van der Waals surface area (Å²) in [4.78, 5) is 2.48. The van der Waals surface area contributed by atoms with Gasteiger partial charge in [-0.1, -0.05) is 179 Å². The molecular weight excluding hydrogens is 823 g/mol. The fraction of sp³-hybridized carbons (Fsp3) is 0.0909. The normalized spacial score (nSPS) is 13.8. The number of anilines is 3. The summed E-state index contributed by atoms with van der Waals surface area (Å²) < 4.78 is 6.19. The second-order valence-corrected chi connectivity index (χ2v) is 19.7. The number of para-hydroxylation sites is 1. The van der Waals surface area contributed by atoms with E-state index in [9.17, 15) is 0 Å². The fourth-order valence-corrected chi connectivity index (χ4v) is 11.4. The molecule has 2 aliphatic carbocycles. The first-order chi connectivity index (χ1) is 33.2. The van der Waals surface area contributed by atoms with E-state index in [-0.39, 0.29) is 10.8 Å². The van der Waals surface area contributed by atoms with Crippen LogP contribution in [0.15, 0.2) is 229 Å². The third kappa shape index (κ3) is 6.32. The molecule has 0 aliphatic heterocycles. The minimum Gasteiger partial charge on any atom is -0.456 e. The lowest BCUT2D eigenvalue weighted by molar-refractivity contribution is 0.660. The van der Waals surface area contributed by atoms with Crippen LogP contribution in [0.25, 0.3) is 88.7 Å². The first-order valence-corrected chi connectivity index (χ1v) is 23.8. The average molecular weight is 872 g/mol. The highest BCUT2D eigenvalue weighted by Gasteiger charge is 2.38. The Kier molecular flexibility index (Phi) is 8.95. The lowest BCUT2D eigenvalue weighted by Crippen LogP contribution is -2.18. The Hall–Kier alpha value is -8.20. The number of hydrogen-bond acceptors (Lipinski definition) is 2. The van der Waals surface area contributed by atoms with Crippen LogP contribution in [0.4, 0.5) is 17.1 Å². The molecule has 11 aromatic rings. The van der Waals surface area contributed by atoms with Crippen LogP contribution < -0.4 is 4.90 Å². The van der Waals surface area contributed by atoms with Gasteiger partial charge in [-0.25, -0.2) is 0 Å². The molecule has 68 heavy (non-hydrogen) atoms. The Bertz CT molecular complexity index is 3650. The molecule has 0 saturated carbocycles. The van der Waals surface area contributed by atoms with Gasteiger partial charge < -0.3 is 9.32 Å². The van der Waals surface area contributed by atoms with Gasteiger partial charge in [0.05, 0.1) is 0 Å². The van der Waals surface area contributed by atoms with E-state index in [2.05, 4.69) is 245 Å². The minimum absolute atomic E-state index is 0.205. The molecule has 0 unspecified atom stereocenters. The SMILES string of the molecule is CC1(C)c2cc(-c3ccccc3)ccc2-c2ccc(N(c3cccc(-c4cccc(-c5ccc6oc7ccccc7c6c5)c4)c3)c3ccc4c(c3)C(C)(C)c3cc(-c5ccccc5)ccc3-4)cc21. The molecule has 0 atom stereocenters. The van der Waals surface area contributed by atoms with Gasteiger partial charge in [0.1, 0.15) is 11.2 Å². The molecule has 2 nitrogen and oxygen atoms in total. The van der Waals surface area contributed by atoms with Crippen molar-refractivity contribution in [3.8, 4) is 66.8 Å². The number of rotatable bonds is 7. The maximum absolute atomic E-state index is 6.19. The molecule has 0 saturated heterocycles. The van der Waals surface area contributed by atoms with Crippen LogP contribution in [-0.4, -0.2) is 0 Å². The lowest BCUT2D eigenvalue weighted by atomic mass is 9.81. The predicted molar refractivity (Wildman–Crippen MR) is 285 cm³/mol. The van der Waals surface area contributed by atoms with Crippen LogP contribution in [0.3, 0.4) is 0 Å². The summed E-state index contributed by atoms with van der Waals surface area (Å²) in [6, 6.07) is 82.7.